The fourth-order valence-corrected chi connectivity index (χ4v) is 3.51. The van der Waals surface area contributed by atoms with Crippen LogP contribution in [-0.2, 0) is 4.74 Å². The Bertz CT molecular complexity index is 575. The highest BCUT2D eigenvalue weighted by Crippen LogP contribution is 2.24. The van der Waals surface area contributed by atoms with Crippen LogP contribution in [0.2, 0.25) is 0 Å². The molecule has 7 heteroatoms. The van der Waals surface area contributed by atoms with Crippen LogP contribution in [0.3, 0.4) is 0 Å². The summed E-state index contributed by atoms with van der Waals surface area (Å²) in [5, 5.41) is 10.9. The molecule has 1 aromatic rings. The molecule has 24 heavy (non-hydrogen) atoms. The summed E-state index contributed by atoms with van der Waals surface area (Å²) in [6.07, 6.45) is 5.19. The third kappa shape index (κ3) is 4.21. The maximum Gasteiger partial charge on any atom is 0.290 e. The summed E-state index contributed by atoms with van der Waals surface area (Å²) < 4.78 is 6.03. The molecule has 0 unspecified atom stereocenters. The third-order valence-corrected chi connectivity index (χ3v) is 4.92. The van der Waals surface area contributed by atoms with E-state index in [-0.39, 0.29) is 16.7 Å². The third-order valence-electron chi connectivity index (χ3n) is 4.92. The zero-order chi connectivity index (χ0) is 16.9. The van der Waals surface area contributed by atoms with E-state index in [2.05, 4.69) is 14.8 Å². The Labute approximate surface area is 142 Å². The zero-order valence-corrected chi connectivity index (χ0v) is 14.3. The second-order valence-corrected chi connectivity index (χ2v) is 6.66. The van der Waals surface area contributed by atoms with E-state index in [9.17, 15) is 10.1 Å². The van der Waals surface area contributed by atoms with Crippen molar-refractivity contribution >= 4 is 11.5 Å². The Morgan fingerprint density at radius 1 is 1.29 bits per heavy atom. The fourth-order valence-electron chi connectivity index (χ4n) is 3.51. The van der Waals surface area contributed by atoms with Crippen molar-refractivity contribution in [1.82, 2.24) is 9.88 Å². The molecule has 2 fully saturated rings. The second-order valence-electron chi connectivity index (χ2n) is 6.66. The van der Waals surface area contributed by atoms with Crippen LogP contribution in [0.4, 0.5) is 11.5 Å². The van der Waals surface area contributed by atoms with E-state index >= 15 is 0 Å². The van der Waals surface area contributed by atoms with Crippen molar-refractivity contribution in [2.45, 2.75) is 38.7 Å². The van der Waals surface area contributed by atoms with Crippen molar-refractivity contribution in [3.63, 3.8) is 0 Å². The summed E-state index contributed by atoms with van der Waals surface area (Å²) in [6.45, 7) is 7.59. The van der Waals surface area contributed by atoms with Crippen LogP contribution in [0.15, 0.2) is 12.1 Å². The van der Waals surface area contributed by atoms with Gasteiger partial charge in [-0.1, -0.05) is 6.42 Å². The lowest BCUT2D eigenvalue weighted by molar-refractivity contribution is -0.385. The molecule has 0 bridgehead atoms. The van der Waals surface area contributed by atoms with Crippen LogP contribution in [0, 0.1) is 17.0 Å². The molecular formula is C17H26N4O3. The molecule has 0 radical (unpaired) electrons. The van der Waals surface area contributed by atoms with Gasteiger partial charge in [0.15, 0.2) is 0 Å². The van der Waals surface area contributed by atoms with Crippen molar-refractivity contribution in [3.8, 4) is 0 Å². The molecule has 2 saturated heterocycles. The number of nitro groups is 1. The highest BCUT2D eigenvalue weighted by molar-refractivity contribution is 5.47. The Morgan fingerprint density at radius 2 is 2.08 bits per heavy atom. The molecule has 0 aliphatic carbocycles. The van der Waals surface area contributed by atoms with Gasteiger partial charge in [-0.25, -0.2) is 4.98 Å². The highest BCUT2D eigenvalue weighted by atomic mass is 16.6. The van der Waals surface area contributed by atoms with Gasteiger partial charge >= 0.3 is 0 Å². The first-order valence-electron chi connectivity index (χ1n) is 8.84. The second kappa shape index (κ2) is 7.90. The zero-order valence-electron chi connectivity index (χ0n) is 14.3. The van der Waals surface area contributed by atoms with E-state index in [4.69, 9.17) is 4.74 Å². The van der Waals surface area contributed by atoms with Gasteiger partial charge in [-0.15, -0.1) is 0 Å². The van der Waals surface area contributed by atoms with Gasteiger partial charge in [0, 0.05) is 25.7 Å². The maximum atomic E-state index is 10.9. The summed E-state index contributed by atoms with van der Waals surface area (Å²) in [5.74, 6) is 0.806. The molecule has 3 rings (SSSR count). The molecule has 2 aliphatic heterocycles. The van der Waals surface area contributed by atoms with Crippen LogP contribution >= 0.6 is 0 Å². The standard InChI is InChI=1S/C17H26N4O3/c1-14-16(21(22)23)5-6-17(18-14)20-10-7-15(13-20)24-12-11-19-8-3-2-4-9-19/h5-6,15H,2-4,7-13H2,1H3/t15-/m1/s1. The molecule has 0 amide bonds. The van der Waals surface area contributed by atoms with Crippen molar-refractivity contribution in [2.24, 2.45) is 0 Å². The largest absolute Gasteiger partial charge is 0.375 e. The van der Waals surface area contributed by atoms with Crippen molar-refractivity contribution < 1.29 is 9.66 Å². The smallest absolute Gasteiger partial charge is 0.290 e. The lowest BCUT2D eigenvalue weighted by Crippen LogP contribution is -2.34. The normalized spacial score (nSPS) is 22.0. The summed E-state index contributed by atoms with van der Waals surface area (Å²) in [5.41, 5.74) is 0.541. The van der Waals surface area contributed by atoms with Gasteiger partial charge in [0.1, 0.15) is 11.5 Å². The summed E-state index contributed by atoms with van der Waals surface area (Å²) in [4.78, 5) is 19.5. The number of pyridine rings is 1. The number of hydrogen-bond donors (Lipinski definition) is 0. The number of anilines is 1. The molecule has 0 aromatic carbocycles. The minimum absolute atomic E-state index is 0.0762. The van der Waals surface area contributed by atoms with Crippen molar-refractivity contribution in [1.29, 1.82) is 0 Å². The molecule has 3 heterocycles. The van der Waals surface area contributed by atoms with Gasteiger partial charge < -0.3 is 14.5 Å². The van der Waals surface area contributed by atoms with E-state index in [1.807, 2.05) is 0 Å². The summed E-state index contributed by atoms with van der Waals surface area (Å²) >= 11 is 0. The van der Waals surface area contributed by atoms with E-state index in [0.717, 1.165) is 38.5 Å². The minimum atomic E-state index is -0.386. The fraction of sp³-hybridized carbons (Fsp3) is 0.706. The molecular weight excluding hydrogens is 308 g/mol. The van der Waals surface area contributed by atoms with Crippen LogP contribution in [0.5, 0.6) is 0 Å². The quantitative estimate of drug-likeness (QED) is 0.587. The predicted octanol–water partition coefficient (Wildman–Crippen LogP) is 2.38. The van der Waals surface area contributed by atoms with Crippen LogP contribution in [0.1, 0.15) is 31.4 Å². The maximum absolute atomic E-state index is 10.9. The molecule has 132 valence electrons. The van der Waals surface area contributed by atoms with Crippen LogP contribution in [0.25, 0.3) is 0 Å². The van der Waals surface area contributed by atoms with E-state index in [1.54, 1.807) is 19.1 Å². The van der Waals surface area contributed by atoms with Crippen molar-refractivity contribution in [3.05, 3.63) is 27.9 Å². The molecule has 0 saturated carbocycles. The number of rotatable bonds is 6. The van der Waals surface area contributed by atoms with Gasteiger partial charge in [0.25, 0.3) is 5.69 Å². The van der Waals surface area contributed by atoms with Gasteiger partial charge in [0.2, 0.25) is 0 Å². The van der Waals surface area contributed by atoms with E-state index < -0.39 is 0 Å². The number of aromatic nitrogens is 1. The Hall–Kier alpha value is -1.73. The average molecular weight is 334 g/mol. The number of aryl methyl sites for hydroxylation is 1. The predicted molar refractivity (Wildman–Crippen MR) is 92.5 cm³/mol. The summed E-state index contributed by atoms with van der Waals surface area (Å²) in [7, 11) is 0. The molecule has 0 spiro atoms. The van der Waals surface area contributed by atoms with Gasteiger partial charge in [-0.2, -0.15) is 0 Å². The highest BCUT2D eigenvalue weighted by Gasteiger charge is 2.25. The monoisotopic (exact) mass is 334 g/mol. The number of piperidine rings is 1. The summed E-state index contributed by atoms with van der Waals surface area (Å²) in [6, 6.07) is 3.28. The molecule has 2 aliphatic rings. The first kappa shape index (κ1) is 17.1. The van der Waals surface area contributed by atoms with Crippen LogP contribution < -0.4 is 4.90 Å². The Balaban J connectivity index is 1.46. The number of nitrogens with zero attached hydrogens (tertiary/aromatic N) is 4. The molecule has 7 nitrogen and oxygen atoms in total. The Kier molecular flexibility index (Phi) is 5.63. The molecule has 0 N–H and O–H groups in total. The van der Waals surface area contributed by atoms with Crippen LogP contribution in [-0.4, -0.2) is 60.2 Å². The topological polar surface area (TPSA) is 71.7 Å². The van der Waals surface area contributed by atoms with Gasteiger partial charge in [-0.3, -0.25) is 10.1 Å². The van der Waals surface area contributed by atoms with E-state index in [0.29, 0.717) is 5.69 Å². The lowest BCUT2D eigenvalue weighted by atomic mass is 10.1. The van der Waals surface area contributed by atoms with Gasteiger partial charge in [-0.05, 0) is 45.3 Å². The number of hydrogen-bond acceptors (Lipinski definition) is 6. The van der Waals surface area contributed by atoms with Gasteiger partial charge in [0.05, 0.1) is 17.6 Å². The first-order chi connectivity index (χ1) is 11.6. The van der Waals surface area contributed by atoms with E-state index in [1.165, 1.54) is 32.4 Å². The number of ether oxygens (including phenoxy) is 1. The van der Waals surface area contributed by atoms with Crippen molar-refractivity contribution in [2.75, 3.05) is 44.2 Å². The SMILES string of the molecule is Cc1nc(N2CC[C@@H](OCCN3CCCCC3)C2)ccc1[N+](=O)[O-]. The molecule has 1 aromatic heterocycles. The lowest BCUT2D eigenvalue weighted by Gasteiger charge is -2.26. The minimum Gasteiger partial charge on any atom is -0.375 e. The number of likely N-dealkylation sites (tertiary alicyclic amines) is 1. The average Bonchev–Trinajstić information content (AvgIpc) is 3.04. The Morgan fingerprint density at radius 3 is 2.79 bits per heavy atom. The molecule has 1 atom stereocenters. The first-order valence-corrected chi connectivity index (χ1v) is 8.84.